The van der Waals surface area contributed by atoms with Crippen LogP contribution < -0.4 is 20.6 Å². The number of aromatic nitrogens is 4. The lowest BCUT2D eigenvalue weighted by molar-refractivity contribution is 0.292. The third-order valence-corrected chi connectivity index (χ3v) is 3.26. The zero-order chi connectivity index (χ0) is 15.2. The van der Waals surface area contributed by atoms with Crippen molar-refractivity contribution in [1.29, 1.82) is 0 Å². The maximum absolute atomic E-state index is 5.68. The number of nitrogens with two attached hydrogens (primary N) is 1. The number of benzene rings is 1. The first-order valence-electron chi connectivity index (χ1n) is 6.42. The van der Waals surface area contributed by atoms with Gasteiger partial charge in [0.05, 0.1) is 24.7 Å². The molecule has 0 bridgehead atoms. The molecule has 0 radical (unpaired) electrons. The van der Waals surface area contributed by atoms with Crippen LogP contribution in [-0.2, 0) is 6.54 Å². The van der Waals surface area contributed by atoms with E-state index in [4.69, 9.17) is 15.2 Å². The number of tetrazole rings is 1. The molecule has 8 nitrogen and oxygen atoms in total. The highest BCUT2D eigenvalue weighted by molar-refractivity contribution is 9.10. The van der Waals surface area contributed by atoms with Crippen LogP contribution in [0.4, 0.5) is 5.95 Å². The molecule has 114 valence electrons. The van der Waals surface area contributed by atoms with Gasteiger partial charge in [0.15, 0.2) is 11.5 Å². The maximum atomic E-state index is 5.68. The van der Waals surface area contributed by atoms with E-state index in [1.165, 1.54) is 4.79 Å². The molecule has 1 aromatic carbocycles. The predicted octanol–water partition coefficient (Wildman–Crippen LogP) is 1.56. The third kappa shape index (κ3) is 3.75. The number of halogens is 1. The van der Waals surface area contributed by atoms with Crippen LogP contribution in [0.15, 0.2) is 16.6 Å². The summed E-state index contributed by atoms with van der Waals surface area (Å²) in [6.07, 6.45) is 0.928. The summed E-state index contributed by atoms with van der Waals surface area (Å²) in [5, 5.41) is 10.8. The van der Waals surface area contributed by atoms with Crippen LogP contribution >= 0.6 is 15.9 Å². The van der Waals surface area contributed by atoms with E-state index in [-0.39, 0.29) is 5.95 Å². The van der Waals surface area contributed by atoms with Crippen LogP contribution in [0.25, 0.3) is 0 Å². The number of hydrogen-bond donors (Lipinski definition) is 2. The molecule has 0 unspecified atom stereocenters. The number of ether oxygens (including phenoxy) is 2. The van der Waals surface area contributed by atoms with Crippen molar-refractivity contribution in [2.75, 3.05) is 24.9 Å². The number of nitrogens with one attached hydrogen (secondary N) is 1. The molecule has 0 fully saturated rings. The number of nitrogen functional groups attached to an aromatic ring is 1. The Morgan fingerprint density at radius 2 is 2.24 bits per heavy atom. The van der Waals surface area contributed by atoms with Gasteiger partial charge >= 0.3 is 0 Å². The average molecular weight is 357 g/mol. The second-order valence-corrected chi connectivity index (χ2v) is 5.10. The molecular formula is C12H17BrN6O2. The Balaban J connectivity index is 2.13. The van der Waals surface area contributed by atoms with E-state index >= 15 is 0 Å². The molecule has 0 amide bonds. The first-order valence-corrected chi connectivity index (χ1v) is 7.22. The van der Waals surface area contributed by atoms with Gasteiger partial charge in [0.25, 0.3) is 5.95 Å². The Morgan fingerprint density at radius 1 is 1.43 bits per heavy atom. The Hall–Kier alpha value is -2.03. The summed E-state index contributed by atoms with van der Waals surface area (Å²) < 4.78 is 11.9. The molecule has 2 aromatic rings. The smallest absolute Gasteiger partial charge is 0.260 e. The fraction of sp³-hybridized carbons (Fsp3) is 0.417. The van der Waals surface area contributed by atoms with E-state index in [1.807, 2.05) is 12.1 Å². The summed E-state index contributed by atoms with van der Waals surface area (Å²) in [7, 11) is 1.61. The summed E-state index contributed by atoms with van der Waals surface area (Å²) in [5.41, 5.74) is 9.54. The van der Waals surface area contributed by atoms with E-state index in [0.29, 0.717) is 24.7 Å². The number of rotatable bonds is 7. The molecule has 0 saturated heterocycles. The highest BCUT2D eigenvalue weighted by Crippen LogP contribution is 2.36. The molecule has 0 aliphatic carbocycles. The molecule has 0 aliphatic rings. The molecule has 1 aromatic heterocycles. The molecular weight excluding hydrogens is 340 g/mol. The van der Waals surface area contributed by atoms with Crippen molar-refractivity contribution >= 4 is 21.9 Å². The number of nitrogens with zero attached hydrogens (tertiary/aromatic N) is 4. The molecule has 0 saturated carbocycles. The third-order valence-electron chi connectivity index (χ3n) is 2.67. The number of hydrogen-bond acceptors (Lipinski definition) is 7. The Morgan fingerprint density at radius 3 is 2.86 bits per heavy atom. The summed E-state index contributed by atoms with van der Waals surface area (Å²) >= 11 is 3.50. The minimum atomic E-state index is 0.198. The SMILES string of the molecule is CCCOc1c(Br)cc(CNn2nnnc2N)cc1OC. The quantitative estimate of drug-likeness (QED) is 0.776. The van der Waals surface area contributed by atoms with Gasteiger partial charge in [0.1, 0.15) is 0 Å². The van der Waals surface area contributed by atoms with Gasteiger partial charge in [-0.3, -0.25) is 0 Å². The molecule has 21 heavy (non-hydrogen) atoms. The number of anilines is 1. The molecule has 3 N–H and O–H groups in total. The van der Waals surface area contributed by atoms with Crippen LogP contribution in [0.5, 0.6) is 11.5 Å². The lowest BCUT2D eigenvalue weighted by Crippen LogP contribution is -2.18. The molecule has 9 heteroatoms. The summed E-state index contributed by atoms with van der Waals surface area (Å²) in [6, 6.07) is 3.84. The van der Waals surface area contributed by atoms with E-state index in [9.17, 15) is 0 Å². The van der Waals surface area contributed by atoms with Gasteiger partial charge in [0.2, 0.25) is 0 Å². The summed E-state index contributed by atoms with van der Waals surface area (Å²) in [5.74, 6) is 1.56. The highest BCUT2D eigenvalue weighted by Gasteiger charge is 2.12. The van der Waals surface area contributed by atoms with Crippen molar-refractivity contribution in [2.45, 2.75) is 19.9 Å². The largest absolute Gasteiger partial charge is 0.493 e. The van der Waals surface area contributed by atoms with Crippen LogP contribution in [0.1, 0.15) is 18.9 Å². The zero-order valence-electron chi connectivity index (χ0n) is 11.8. The zero-order valence-corrected chi connectivity index (χ0v) is 13.4. The maximum Gasteiger partial charge on any atom is 0.260 e. The molecule has 0 atom stereocenters. The molecule has 0 spiro atoms. The van der Waals surface area contributed by atoms with Gasteiger partial charge in [-0.2, -0.15) is 0 Å². The van der Waals surface area contributed by atoms with Crippen molar-refractivity contribution in [3.05, 3.63) is 22.2 Å². The van der Waals surface area contributed by atoms with Crippen molar-refractivity contribution in [1.82, 2.24) is 20.3 Å². The van der Waals surface area contributed by atoms with E-state index in [2.05, 4.69) is 43.8 Å². The standard InChI is InChI=1S/C12H17BrN6O2/c1-3-4-21-11-9(13)5-8(6-10(11)20-2)7-15-19-12(14)16-17-18-19/h5-6,15H,3-4,7H2,1-2H3,(H2,14,16,18). The van der Waals surface area contributed by atoms with Crippen molar-refractivity contribution < 1.29 is 9.47 Å². The Bertz CT molecular complexity index is 603. The Kier molecular flexibility index (Phi) is 5.20. The fourth-order valence-electron chi connectivity index (χ4n) is 1.69. The Labute approximate surface area is 130 Å². The van der Waals surface area contributed by atoms with E-state index in [0.717, 1.165) is 16.5 Å². The minimum absolute atomic E-state index is 0.198. The minimum Gasteiger partial charge on any atom is -0.493 e. The van der Waals surface area contributed by atoms with Gasteiger partial charge in [-0.15, -0.1) is 4.79 Å². The first-order chi connectivity index (χ1) is 10.2. The van der Waals surface area contributed by atoms with Crippen LogP contribution in [0, 0.1) is 0 Å². The van der Waals surface area contributed by atoms with Gasteiger partial charge in [-0.05, 0) is 50.5 Å². The lowest BCUT2D eigenvalue weighted by atomic mass is 10.2. The second-order valence-electron chi connectivity index (χ2n) is 4.24. The summed E-state index contributed by atoms with van der Waals surface area (Å²) in [6.45, 7) is 3.17. The van der Waals surface area contributed by atoms with Crippen LogP contribution in [0.3, 0.4) is 0 Å². The van der Waals surface area contributed by atoms with Gasteiger partial charge < -0.3 is 20.6 Å². The van der Waals surface area contributed by atoms with Gasteiger partial charge in [-0.1, -0.05) is 12.0 Å². The molecule has 2 rings (SSSR count). The average Bonchev–Trinajstić information content (AvgIpc) is 2.88. The second kappa shape index (κ2) is 7.11. The van der Waals surface area contributed by atoms with Crippen molar-refractivity contribution in [2.24, 2.45) is 0 Å². The van der Waals surface area contributed by atoms with E-state index in [1.54, 1.807) is 7.11 Å². The van der Waals surface area contributed by atoms with Crippen molar-refractivity contribution in [3.63, 3.8) is 0 Å². The van der Waals surface area contributed by atoms with Gasteiger partial charge in [-0.25, -0.2) is 0 Å². The van der Waals surface area contributed by atoms with E-state index < -0.39 is 0 Å². The summed E-state index contributed by atoms with van der Waals surface area (Å²) in [4.78, 5) is 1.31. The fourth-order valence-corrected chi connectivity index (χ4v) is 2.30. The van der Waals surface area contributed by atoms with Gasteiger partial charge in [0, 0.05) is 0 Å². The van der Waals surface area contributed by atoms with Crippen molar-refractivity contribution in [3.8, 4) is 11.5 Å². The topological polar surface area (TPSA) is 100 Å². The van der Waals surface area contributed by atoms with Crippen LogP contribution in [0.2, 0.25) is 0 Å². The van der Waals surface area contributed by atoms with Crippen LogP contribution in [-0.4, -0.2) is 34.0 Å². The lowest BCUT2D eigenvalue weighted by Gasteiger charge is -2.14. The number of methoxy groups -OCH3 is 1. The predicted molar refractivity (Wildman–Crippen MR) is 81.8 cm³/mol. The molecule has 1 heterocycles. The first kappa shape index (κ1) is 15.4. The normalized spacial score (nSPS) is 10.4. The highest BCUT2D eigenvalue weighted by atomic mass is 79.9. The molecule has 0 aliphatic heterocycles. The monoisotopic (exact) mass is 356 g/mol.